The topological polar surface area (TPSA) is 30.5 Å². The van der Waals surface area contributed by atoms with Crippen molar-refractivity contribution in [3.05, 3.63) is 0 Å². The lowest BCUT2D eigenvalue weighted by Gasteiger charge is -2.34. The lowest BCUT2D eigenvalue weighted by Crippen LogP contribution is -2.48. The molecule has 1 fully saturated rings. The van der Waals surface area contributed by atoms with Crippen LogP contribution >= 0.6 is 0 Å². The molecule has 1 saturated carbocycles. The molecule has 0 aromatic heterocycles. The van der Waals surface area contributed by atoms with Crippen LogP contribution in [0.5, 0.6) is 0 Å². The Balaban J connectivity index is 2.35. The van der Waals surface area contributed by atoms with Gasteiger partial charge in [-0.05, 0) is 26.7 Å². The number of nitrogens with one attached hydrogen (secondary N) is 1. The van der Waals surface area contributed by atoms with Crippen molar-refractivity contribution in [3.63, 3.8) is 0 Å². The summed E-state index contributed by atoms with van der Waals surface area (Å²) in [5.41, 5.74) is -0.0876. The van der Waals surface area contributed by atoms with Crippen LogP contribution in [0.2, 0.25) is 0 Å². The third kappa shape index (κ3) is 4.09. The second-order valence-electron chi connectivity index (χ2n) is 5.01. The molecule has 1 aliphatic carbocycles. The zero-order valence-corrected chi connectivity index (χ0v) is 10.5. The highest BCUT2D eigenvalue weighted by Gasteiger charge is 2.26. The van der Waals surface area contributed by atoms with E-state index in [1.165, 1.54) is 25.7 Å². The van der Waals surface area contributed by atoms with Gasteiger partial charge in [0.15, 0.2) is 0 Å². The van der Waals surface area contributed by atoms with Gasteiger partial charge in [-0.2, -0.15) is 0 Å². The average molecular weight is 215 g/mol. The van der Waals surface area contributed by atoms with Crippen LogP contribution in [-0.2, 0) is 9.47 Å². The molecule has 0 heterocycles. The quantitative estimate of drug-likeness (QED) is 0.760. The minimum Gasteiger partial charge on any atom is -0.380 e. The van der Waals surface area contributed by atoms with E-state index in [4.69, 9.17) is 9.47 Å². The number of rotatable bonds is 5. The summed E-state index contributed by atoms with van der Waals surface area (Å²) in [5, 5.41) is 3.56. The fourth-order valence-corrected chi connectivity index (χ4v) is 2.06. The Hall–Kier alpha value is -0.120. The van der Waals surface area contributed by atoms with Gasteiger partial charge in [0, 0.05) is 26.8 Å². The van der Waals surface area contributed by atoms with Crippen molar-refractivity contribution < 1.29 is 9.47 Å². The number of methoxy groups -OCH3 is 2. The molecule has 2 unspecified atom stereocenters. The smallest absolute Gasteiger partial charge is 0.0746 e. The average Bonchev–Trinajstić information content (AvgIpc) is 2.27. The summed E-state index contributed by atoms with van der Waals surface area (Å²) < 4.78 is 10.9. The van der Waals surface area contributed by atoms with Gasteiger partial charge in [-0.15, -0.1) is 0 Å². The molecule has 0 radical (unpaired) electrons. The summed E-state index contributed by atoms with van der Waals surface area (Å²) in [6.07, 6.45) is 5.39. The highest BCUT2D eigenvalue weighted by Crippen LogP contribution is 2.21. The molecule has 0 amide bonds. The Bertz CT molecular complexity index is 182. The predicted octanol–water partition coefficient (Wildman–Crippen LogP) is 1.96. The van der Waals surface area contributed by atoms with Crippen molar-refractivity contribution in [2.45, 2.75) is 57.3 Å². The summed E-state index contributed by atoms with van der Waals surface area (Å²) in [6.45, 7) is 5.09. The molecular weight excluding hydrogens is 190 g/mol. The highest BCUT2D eigenvalue weighted by atomic mass is 16.5. The molecule has 0 aliphatic heterocycles. The molecule has 0 spiro atoms. The lowest BCUT2D eigenvalue weighted by atomic mass is 9.92. The SMILES string of the molecule is COC1CCCCC1NCC(C)(C)OC. The first-order chi connectivity index (χ1) is 7.09. The van der Waals surface area contributed by atoms with Crippen LogP contribution in [-0.4, -0.2) is 38.5 Å². The number of hydrogen-bond donors (Lipinski definition) is 1. The van der Waals surface area contributed by atoms with E-state index in [9.17, 15) is 0 Å². The summed E-state index contributed by atoms with van der Waals surface area (Å²) in [6, 6.07) is 0.498. The molecule has 0 aromatic carbocycles. The first-order valence-electron chi connectivity index (χ1n) is 5.90. The minimum atomic E-state index is -0.0876. The lowest BCUT2D eigenvalue weighted by molar-refractivity contribution is 0.00232. The maximum atomic E-state index is 5.50. The zero-order chi connectivity index (χ0) is 11.3. The molecule has 0 aromatic rings. The van der Waals surface area contributed by atoms with E-state index in [1.54, 1.807) is 7.11 Å². The van der Waals surface area contributed by atoms with Crippen molar-refractivity contribution in [1.82, 2.24) is 5.32 Å². The normalized spacial score (nSPS) is 28.0. The number of ether oxygens (including phenoxy) is 2. The van der Waals surface area contributed by atoms with Crippen LogP contribution in [0.15, 0.2) is 0 Å². The molecule has 2 atom stereocenters. The third-order valence-electron chi connectivity index (χ3n) is 3.35. The predicted molar refractivity (Wildman–Crippen MR) is 62.1 cm³/mol. The Morgan fingerprint density at radius 2 is 1.87 bits per heavy atom. The van der Waals surface area contributed by atoms with Gasteiger partial charge in [0.05, 0.1) is 11.7 Å². The van der Waals surface area contributed by atoms with Crippen LogP contribution < -0.4 is 5.32 Å². The highest BCUT2D eigenvalue weighted by molar-refractivity contribution is 4.84. The minimum absolute atomic E-state index is 0.0876. The van der Waals surface area contributed by atoms with E-state index in [0.717, 1.165) is 6.54 Å². The fourth-order valence-electron chi connectivity index (χ4n) is 2.06. The van der Waals surface area contributed by atoms with Crippen LogP contribution in [0.3, 0.4) is 0 Å². The van der Waals surface area contributed by atoms with Crippen molar-refractivity contribution in [1.29, 1.82) is 0 Å². The second kappa shape index (κ2) is 5.83. The summed E-state index contributed by atoms with van der Waals surface area (Å²) in [7, 11) is 3.57. The molecule has 1 aliphatic rings. The van der Waals surface area contributed by atoms with E-state index >= 15 is 0 Å². The molecule has 0 saturated heterocycles. The Kier molecular flexibility index (Phi) is 5.03. The van der Waals surface area contributed by atoms with Crippen molar-refractivity contribution in [3.8, 4) is 0 Å². The maximum Gasteiger partial charge on any atom is 0.0746 e. The van der Waals surface area contributed by atoms with Crippen LogP contribution in [0.25, 0.3) is 0 Å². The Morgan fingerprint density at radius 1 is 1.20 bits per heavy atom. The van der Waals surface area contributed by atoms with Crippen LogP contribution in [0.1, 0.15) is 39.5 Å². The summed E-state index contributed by atoms with van der Waals surface area (Å²) in [5.74, 6) is 0. The largest absolute Gasteiger partial charge is 0.380 e. The van der Waals surface area contributed by atoms with E-state index in [-0.39, 0.29) is 5.60 Å². The molecule has 3 nitrogen and oxygen atoms in total. The molecule has 0 bridgehead atoms. The van der Waals surface area contributed by atoms with E-state index < -0.39 is 0 Å². The first kappa shape index (κ1) is 12.9. The fraction of sp³-hybridized carbons (Fsp3) is 1.00. The Labute approximate surface area is 93.5 Å². The molecule has 1 rings (SSSR count). The van der Waals surface area contributed by atoms with Gasteiger partial charge in [-0.3, -0.25) is 0 Å². The monoisotopic (exact) mass is 215 g/mol. The molecular formula is C12H25NO2. The summed E-state index contributed by atoms with van der Waals surface area (Å²) in [4.78, 5) is 0. The standard InChI is InChI=1S/C12H25NO2/c1-12(2,15-4)9-13-10-7-5-6-8-11(10)14-3/h10-11,13H,5-9H2,1-4H3. The van der Waals surface area contributed by atoms with Crippen LogP contribution in [0.4, 0.5) is 0 Å². The van der Waals surface area contributed by atoms with E-state index in [2.05, 4.69) is 19.2 Å². The van der Waals surface area contributed by atoms with Gasteiger partial charge in [-0.1, -0.05) is 12.8 Å². The first-order valence-corrected chi connectivity index (χ1v) is 5.90. The molecule has 90 valence electrons. The van der Waals surface area contributed by atoms with E-state index in [1.807, 2.05) is 7.11 Å². The van der Waals surface area contributed by atoms with Gasteiger partial charge in [0.2, 0.25) is 0 Å². The third-order valence-corrected chi connectivity index (χ3v) is 3.35. The van der Waals surface area contributed by atoms with Gasteiger partial charge in [-0.25, -0.2) is 0 Å². The van der Waals surface area contributed by atoms with Crippen molar-refractivity contribution in [2.24, 2.45) is 0 Å². The van der Waals surface area contributed by atoms with E-state index in [0.29, 0.717) is 12.1 Å². The Morgan fingerprint density at radius 3 is 2.47 bits per heavy atom. The van der Waals surface area contributed by atoms with Crippen LogP contribution in [0, 0.1) is 0 Å². The van der Waals surface area contributed by atoms with Gasteiger partial charge >= 0.3 is 0 Å². The molecule has 3 heteroatoms. The molecule has 1 N–H and O–H groups in total. The number of hydrogen-bond acceptors (Lipinski definition) is 3. The van der Waals surface area contributed by atoms with Crippen molar-refractivity contribution >= 4 is 0 Å². The van der Waals surface area contributed by atoms with Gasteiger partial charge < -0.3 is 14.8 Å². The zero-order valence-electron chi connectivity index (χ0n) is 10.5. The van der Waals surface area contributed by atoms with Crippen molar-refractivity contribution in [2.75, 3.05) is 20.8 Å². The maximum absolute atomic E-state index is 5.50. The van der Waals surface area contributed by atoms with Gasteiger partial charge in [0.25, 0.3) is 0 Å². The second-order valence-corrected chi connectivity index (χ2v) is 5.01. The summed E-state index contributed by atoms with van der Waals surface area (Å²) >= 11 is 0. The molecule has 15 heavy (non-hydrogen) atoms. The van der Waals surface area contributed by atoms with Gasteiger partial charge in [0.1, 0.15) is 0 Å².